The van der Waals surface area contributed by atoms with Crippen molar-refractivity contribution in [1.29, 1.82) is 0 Å². The average Bonchev–Trinajstić information content (AvgIpc) is 2.34. The van der Waals surface area contributed by atoms with E-state index >= 15 is 0 Å². The quantitative estimate of drug-likeness (QED) is 0.735. The zero-order valence-electron chi connectivity index (χ0n) is 5.88. The van der Waals surface area contributed by atoms with Gasteiger partial charge in [-0.2, -0.15) is 0 Å². The van der Waals surface area contributed by atoms with Gasteiger partial charge in [0, 0.05) is 19.6 Å². The van der Waals surface area contributed by atoms with Crippen LogP contribution in [0.3, 0.4) is 0 Å². The van der Waals surface area contributed by atoms with Gasteiger partial charge < -0.3 is 9.88 Å². The lowest BCUT2D eigenvalue weighted by Gasteiger charge is -2.14. The number of nitrogens with one attached hydrogen (secondary N) is 1. The molecule has 0 fully saturated rings. The summed E-state index contributed by atoms with van der Waals surface area (Å²) >= 11 is 3.38. The maximum atomic E-state index is 4.14. The Hall–Kier alpha value is -0.0600. The lowest BCUT2D eigenvalue weighted by atomic mass is 10.4. The van der Waals surface area contributed by atoms with Crippen LogP contribution in [0, 0.1) is 0 Å². The number of imidazole rings is 1. The Morgan fingerprint density at radius 2 is 2.45 bits per heavy atom. The van der Waals surface area contributed by atoms with Gasteiger partial charge in [0.25, 0.3) is 0 Å². The van der Waals surface area contributed by atoms with Crippen LogP contribution in [0.2, 0.25) is 0 Å². The van der Waals surface area contributed by atoms with Crippen molar-refractivity contribution in [2.75, 3.05) is 6.54 Å². The molecule has 5 heteroatoms. The molecule has 1 aliphatic heterocycles. The zero-order valence-corrected chi connectivity index (χ0v) is 8.28. The average molecular weight is 239 g/mol. The van der Waals surface area contributed by atoms with Crippen LogP contribution in [0.1, 0.15) is 5.69 Å². The molecule has 0 saturated heterocycles. The molecule has 0 radical (unpaired) electrons. The normalized spacial score (nSPS) is 15.4. The van der Waals surface area contributed by atoms with Crippen molar-refractivity contribution in [3.05, 3.63) is 16.6 Å². The zero-order chi connectivity index (χ0) is 6.97. The lowest BCUT2D eigenvalue weighted by molar-refractivity contribution is 0.514. The first kappa shape index (κ1) is 9.03. The summed E-state index contributed by atoms with van der Waals surface area (Å²) in [7, 11) is 0. The van der Waals surface area contributed by atoms with Gasteiger partial charge in [0.2, 0.25) is 0 Å². The second-order valence-corrected chi connectivity index (χ2v) is 3.10. The third kappa shape index (κ3) is 1.58. The van der Waals surface area contributed by atoms with Crippen LogP contribution >= 0.6 is 28.3 Å². The molecule has 0 aliphatic carbocycles. The molecule has 2 heterocycles. The van der Waals surface area contributed by atoms with Gasteiger partial charge in [-0.3, -0.25) is 0 Å². The molecule has 3 nitrogen and oxygen atoms in total. The smallest absolute Gasteiger partial charge is 0.128 e. The molecule has 1 aromatic rings. The van der Waals surface area contributed by atoms with E-state index in [4.69, 9.17) is 0 Å². The first-order valence-corrected chi connectivity index (χ1v) is 4.07. The van der Waals surface area contributed by atoms with E-state index in [1.54, 1.807) is 0 Å². The SMILES string of the molecule is Brc1ncn2c1CNCC2.Cl. The Morgan fingerprint density at radius 3 is 3.18 bits per heavy atom. The molecular formula is C6H9BrClN3. The highest BCUT2D eigenvalue weighted by atomic mass is 79.9. The van der Waals surface area contributed by atoms with Crippen LogP contribution in [0.25, 0.3) is 0 Å². The minimum Gasteiger partial charge on any atom is -0.331 e. The first-order valence-electron chi connectivity index (χ1n) is 3.28. The molecule has 1 aromatic heterocycles. The maximum Gasteiger partial charge on any atom is 0.128 e. The minimum atomic E-state index is 0. The molecule has 62 valence electrons. The highest BCUT2D eigenvalue weighted by Gasteiger charge is 2.10. The second kappa shape index (κ2) is 3.56. The van der Waals surface area contributed by atoms with Crippen molar-refractivity contribution in [3.63, 3.8) is 0 Å². The van der Waals surface area contributed by atoms with Crippen LogP contribution in [0.4, 0.5) is 0 Å². The number of nitrogens with zero attached hydrogens (tertiary/aromatic N) is 2. The van der Waals surface area contributed by atoms with Gasteiger partial charge in [0.05, 0.1) is 12.0 Å². The fourth-order valence-electron chi connectivity index (χ4n) is 1.16. The number of hydrogen-bond acceptors (Lipinski definition) is 2. The Kier molecular flexibility index (Phi) is 2.92. The van der Waals surface area contributed by atoms with E-state index in [1.165, 1.54) is 5.69 Å². The number of rotatable bonds is 0. The first-order chi connectivity index (χ1) is 4.88. The van der Waals surface area contributed by atoms with Gasteiger partial charge in [0.15, 0.2) is 0 Å². The van der Waals surface area contributed by atoms with E-state index in [0.29, 0.717) is 0 Å². The lowest BCUT2D eigenvalue weighted by Crippen LogP contribution is -2.27. The van der Waals surface area contributed by atoms with Crippen molar-refractivity contribution in [1.82, 2.24) is 14.9 Å². The maximum absolute atomic E-state index is 4.14. The Balaban J connectivity index is 0.000000605. The predicted molar refractivity (Wildman–Crippen MR) is 48.9 cm³/mol. The minimum absolute atomic E-state index is 0. The molecule has 0 atom stereocenters. The van der Waals surface area contributed by atoms with Gasteiger partial charge in [-0.25, -0.2) is 4.98 Å². The molecule has 0 spiro atoms. The molecule has 0 aromatic carbocycles. The van der Waals surface area contributed by atoms with Gasteiger partial charge in [-0.1, -0.05) is 0 Å². The van der Waals surface area contributed by atoms with Crippen LogP contribution in [0.15, 0.2) is 10.9 Å². The Labute approximate surface area is 79.7 Å². The monoisotopic (exact) mass is 237 g/mol. The van der Waals surface area contributed by atoms with E-state index in [1.807, 2.05) is 6.33 Å². The van der Waals surface area contributed by atoms with Crippen LogP contribution < -0.4 is 5.32 Å². The van der Waals surface area contributed by atoms with Crippen molar-refractivity contribution >= 4 is 28.3 Å². The Morgan fingerprint density at radius 1 is 1.64 bits per heavy atom. The number of halogens is 2. The molecule has 1 N–H and O–H groups in total. The summed E-state index contributed by atoms with van der Waals surface area (Å²) in [6, 6.07) is 0. The molecule has 0 saturated carbocycles. The summed E-state index contributed by atoms with van der Waals surface area (Å²) in [6.45, 7) is 3.02. The molecule has 1 aliphatic rings. The number of hydrogen-bond donors (Lipinski definition) is 1. The number of fused-ring (bicyclic) bond motifs is 1. The topological polar surface area (TPSA) is 29.9 Å². The molecule has 2 rings (SSSR count). The molecular weight excluding hydrogens is 229 g/mol. The fraction of sp³-hybridized carbons (Fsp3) is 0.500. The standard InChI is InChI=1S/C6H8BrN3.ClH/c7-6-5-3-8-1-2-10(5)4-9-6;/h4,8H,1-3H2;1H. The predicted octanol–water partition coefficient (Wildman–Crippen LogP) is 1.17. The van der Waals surface area contributed by atoms with Crippen molar-refractivity contribution in [3.8, 4) is 0 Å². The summed E-state index contributed by atoms with van der Waals surface area (Å²) in [5, 5.41) is 3.28. The summed E-state index contributed by atoms with van der Waals surface area (Å²) in [4.78, 5) is 4.14. The van der Waals surface area contributed by atoms with E-state index in [0.717, 1.165) is 24.2 Å². The van der Waals surface area contributed by atoms with E-state index in [2.05, 4.69) is 30.8 Å². The molecule has 0 amide bonds. The summed E-state index contributed by atoms with van der Waals surface area (Å²) < 4.78 is 3.14. The Bertz CT molecular complexity index is 248. The van der Waals surface area contributed by atoms with Gasteiger partial charge >= 0.3 is 0 Å². The third-order valence-electron chi connectivity index (χ3n) is 1.72. The summed E-state index contributed by atoms with van der Waals surface area (Å²) in [5.41, 5.74) is 1.26. The largest absolute Gasteiger partial charge is 0.331 e. The molecule has 11 heavy (non-hydrogen) atoms. The van der Waals surface area contributed by atoms with Crippen molar-refractivity contribution in [2.24, 2.45) is 0 Å². The van der Waals surface area contributed by atoms with Gasteiger partial charge in [-0.15, -0.1) is 12.4 Å². The van der Waals surface area contributed by atoms with E-state index in [9.17, 15) is 0 Å². The highest BCUT2D eigenvalue weighted by molar-refractivity contribution is 9.10. The van der Waals surface area contributed by atoms with Crippen molar-refractivity contribution in [2.45, 2.75) is 13.1 Å². The van der Waals surface area contributed by atoms with E-state index in [-0.39, 0.29) is 12.4 Å². The second-order valence-electron chi connectivity index (χ2n) is 2.35. The molecule has 0 unspecified atom stereocenters. The number of aromatic nitrogens is 2. The molecule has 0 bridgehead atoms. The fourth-order valence-corrected chi connectivity index (χ4v) is 1.62. The van der Waals surface area contributed by atoms with Crippen LogP contribution in [-0.4, -0.2) is 16.1 Å². The summed E-state index contributed by atoms with van der Waals surface area (Å²) in [5.74, 6) is 0. The highest BCUT2D eigenvalue weighted by Crippen LogP contribution is 2.15. The van der Waals surface area contributed by atoms with Crippen LogP contribution in [-0.2, 0) is 13.1 Å². The third-order valence-corrected chi connectivity index (χ3v) is 2.38. The summed E-state index contributed by atoms with van der Waals surface area (Å²) in [6.07, 6.45) is 1.88. The van der Waals surface area contributed by atoms with Gasteiger partial charge in [0.1, 0.15) is 4.60 Å². The van der Waals surface area contributed by atoms with Gasteiger partial charge in [-0.05, 0) is 15.9 Å². The van der Waals surface area contributed by atoms with Crippen LogP contribution in [0.5, 0.6) is 0 Å². The van der Waals surface area contributed by atoms with E-state index < -0.39 is 0 Å². The van der Waals surface area contributed by atoms with Crippen molar-refractivity contribution < 1.29 is 0 Å².